The Morgan fingerprint density at radius 1 is 1.33 bits per heavy atom. The molecule has 1 radical (unpaired) electrons. The minimum atomic E-state index is -0.408. The lowest BCUT2D eigenvalue weighted by atomic mass is 10.3. The molecule has 0 saturated carbocycles. The van der Waals surface area contributed by atoms with Crippen LogP contribution in [-0.4, -0.2) is 26.9 Å². The summed E-state index contributed by atoms with van der Waals surface area (Å²) in [6.07, 6.45) is -0.408. The van der Waals surface area contributed by atoms with Gasteiger partial charge in [-0.05, 0) is 12.1 Å². The third-order valence-corrected chi connectivity index (χ3v) is 1.89. The maximum Gasteiger partial charge on any atom is 0.414 e. The van der Waals surface area contributed by atoms with Gasteiger partial charge in [0, 0.05) is 12.8 Å². The van der Waals surface area contributed by atoms with Crippen LogP contribution < -0.4 is 4.90 Å². The predicted octanol–water partition coefficient (Wildman–Crippen LogP) is 2.07. The molecule has 1 aromatic carbocycles. The van der Waals surface area contributed by atoms with Crippen molar-refractivity contribution in [1.29, 1.82) is 0 Å². The van der Waals surface area contributed by atoms with Crippen molar-refractivity contribution >= 4 is 11.8 Å². The fraction of sp³-hybridized carbons (Fsp3) is 0.273. The molecule has 0 bridgehead atoms. The Hall–Kier alpha value is -1.55. The summed E-state index contributed by atoms with van der Waals surface area (Å²) in [7, 11) is 2.89. The van der Waals surface area contributed by atoms with Gasteiger partial charge in [0.15, 0.2) is 0 Å². The lowest BCUT2D eigenvalue weighted by Gasteiger charge is -2.20. The van der Waals surface area contributed by atoms with Gasteiger partial charge in [0.05, 0.1) is 13.7 Å². The number of hydrogen-bond acceptors (Lipinski definition) is 3. The van der Waals surface area contributed by atoms with Crippen molar-refractivity contribution < 1.29 is 14.3 Å². The van der Waals surface area contributed by atoms with Gasteiger partial charge >= 0.3 is 6.09 Å². The fourth-order valence-electron chi connectivity index (χ4n) is 1.15. The molecule has 1 aromatic rings. The number of rotatable bonds is 4. The summed E-state index contributed by atoms with van der Waals surface area (Å²) in [4.78, 5) is 12.9. The van der Waals surface area contributed by atoms with Gasteiger partial charge < -0.3 is 9.47 Å². The van der Waals surface area contributed by atoms with Gasteiger partial charge in [0.1, 0.15) is 6.61 Å². The van der Waals surface area contributed by atoms with E-state index in [1.54, 1.807) is 7.11 Å². The first-order valence-electron chi connectivity index (χ1n) is 4.54. The molecule has 0 unspecified atom stereocenters. The van der Waals surface area contributed by atoms with Gasteiger partial charge in [0.2, 0.25) is 0 Å². The van der Waals surface area contributed by atoms with E-state index in [-0.39, 0.29) is 0 Å². The monoisotopic (exact) mass is 208 g/mol. The number of ether oxygens (including phenoxy) is 2. The Balaban J connectivity index is 2.76. The highest BCUT2D eigenvalue weighted by Crippen LogP contribution is 2.14. The summed E-state index contributed by atoms with van der Waals surface area (Å²) in [5.74, 6) is 0. The molecule has 15 heavy (non-hydrogen) atoms. The van der Waals surface area contributed by atoms with Gasteiger partial charge in [-0.15, -0.1) is 0 Å². The summed E-state index contributed by atoms with van der Waals surface area (Å²) in [5.41, 5.74) is 0.776. The van der Waals surface area contributed by atoms with Gasteiger partial charge in [-0.25, -0.2) is 4.79 Å². The first-order valence-corrected chi connectivity index (χ1v) is 4.54. The number of para-hydroxylation sites is 1. The number of benzene rings is 1. The highest BCUT2D eigenvalue weighted by molar-refractivity contribution is 5.87. The summed E-state index contributed by atoms with van der Waals surface area (Å²) in [5, 5.41) is 0. The Kier molecular flexibility index (Phi) is 4.63. The van der Waals surface area contributed by atoms with E-state index >= 15 is 0 Å². The number of anilines is 1. The molecular weight excluding hydrogens is 194 g/mol. The lowest BCUT2D eigenvalue weighted by molar-refractivity contribution is 0.177. The van der Waals surface area contributed by atoms with Crippen molar-refractivity contribution in [3.05, 3.63) is 36.9 Å². The fourth-order valence-corrected chi connectivity index (χ4v) is 1.15. The van der Waals surface area contributed by atoms with E-state index in [0.29, 0.717) is 6.54 Å². The normalized spacial score (nSPS) is 9.73. The highest BCUT2D eigenvalue weighted by atomic mass is 16.5. The zero-order chi connectivity index (χ0) is 11.1. The minimum Gasteiger partial charge on any atom is -0.452 e. The van der Waals surface area contributed by atoms with Crippen LogP contribution in [0, 0.1) is 6.61 Å². The van der Waals surface area contributed by atoms with E-state index in [4.69, 9.17) is 4.74 Å². The maximum atomic E-state index is 11.4. The quantitative estimate of drug-likeness (QED) is 0.760. The Morgan fingerprint density at radius 2 is 2.00 bits per heavy atom. The zero-order valence-corrected chi connectivity index (χ0v) is 8.84. The van der Waals surface area contributed by atoms with Crippen LogP contribution in [-0.2, 0) is 9.47 Å². The van der Waals surface area contributed by atoms with Gasteiger partial charge in [-0.3, -0.25) is 4.90 Å². The molecule has 0 aromatic heterocycles. The van der Waals surface area contributed by atoms with Crippen LogP contribution >= 0.6 is 0 Å². The lowest BCUT2D eigenvalue weighted by Crippen LogP contribution is -2.32. The van der Waals surface area contributed by atoms with Crippen LogP contribution in [0.1, 0.15) is 0 Å². The summed E-state index contributed by atoms with van der Waals surface area (Å²) >= 11 is 0. The van der Waals surface area contributed by atoms with Gasteiger partial charge in [0.25, 0.3) is 0 Å². The maximum absolute atomic E-state index is 11.4. The summed E-state index contributed by atoms with van der Waals surface area (Å²) in [6.45, 7) is 1.89. The van der Waals surface area contributed by atoms with E-state index in [2.05, 4.69) is 4.74 Å². The standard InChI is InChI=1S/C11H14NO3/c1-14-9-8-12(11(13)15-2)10-6-4-3-5-7-10/h3-7,9H,8H2,1-2H3. The molecule has 0 aliphatic heterocycles. The molecule has 0 heterocycles. The highest BCUT2D eigenvalue weighted by Gasteiger charge is 2.14. The summed E-state index contributed by atoms with van der Waals surface area (Å²) in [6, 6.07) is 9.27. The van der Waals surface area contributed by atoms with E-state index in [1.165, 1.54) is 18.6 Å². The van der Waals surface area contributed by atoms with Crippen molar-refractivity contribution in [2.24, 2.45) is 0 Å². The van der Waals surface area contributed by atoms with E-state index in [0.717, 1.165) is 5.69 Å². The van der Waals surface area contributed by atoms with Crippen molar-refractivity contribution in [3.8, 4) is 0 Å². The third kappa shape index (κ3) is 3.25. The number of hydrogen-bond donors (Lipinski definition) is 0. The molecule has 1 amide bonds. The Morgan fingerprint density at radius 3 is 2.53 bits per heavy atom. The van der Waals surface area contributed by atoms with Crippen LogP contribution in [0.25, 0.3) is 0 Å². The number of nitrogens with zero attached hydrogens (tertiary/aromatic N) is 1. The Labute approximate surface area is 89.4 Å². The van der Waals surface area contributed by atoms with Crippen LogP contribution in [0.5, 0.6) is 0 Å². The molecule has 0 spiro atoms. The number of amides is 1. The van der Waals surface area contributed by atoms with Crippen LogP contribution in [0.2, 0.25) is 0 Å². The third-order valence-electron chi connectivity index (χ3n) is 1.89. The molecular formula is C11H14NO3. The average molecular weight is 208 g/mol. The molecule has 0 N–H and O–H groups in total. The van der Waals surface area contributed by atoms with Crippen LogP contribution in [0.15, 0.2) is 30.3 Å². The first kappa shape index (κ1) is 11.5. The molecule has 81 valence electrons. The largest absolute Gasteiger partial charge is 0.452 e. The second-order valence-corrected chi connectivity index (χ2v) is 2.82. The molecule has 4 nitrogen and oxygen atoms in total. The van der Waals surface area contributed by atoms with E-state index in [1.807, 2.05) is 30.3 Å². The van der Waals surface area contributed by atoms with E-state index < -0.39 is 6.09 Å². The average Bonchev–Trinajstić information content (AvgIpc) is 2.30. The van der Waals surface area contributed by atoms with Crippen LogP contribution in [0.3, 0.4) is 0 Å². The van der Waals surface area contributed by atoms with Crippen molar-refractivity contribution in [2.75, 3.05) is 25.7 Å². The SMILES string of the molecule is CO[CH]CN(C(=O)OC)c1ccccc1. The second-order valence-electron chi connectivity index (χ2n) is 2.82. The Bertz CT molecular complexity index is 300. The molecule has 0 saturated heterocycles. The van der Waals surface area contributed by atoms with Gasteiger partial charge in [-0.2, -0.15) is 0 Å². The minimum absolute atomic E-state index is 0.354. The van der Waals surface area contributed by atoms with Crippen molar-refractivity contribution in [3.63, 3.8) is 0 Å². The second kappa shape index (κ2) is 6.03. The zero-order valence-electron chi connectivity index (χ0n) is 8.84. The van der Waals surface area contributed by atoms with E-state index in [9.17, 15) is 4.79 Å². The first-order chi connectivity index (χ1) is 7.29. The number of carbonyl (C=O) groups is 1. The van der Waals surface area contributed by atoms with Crippen molar-refractivity contribution in [1.82, 2.24) is 0 Å². The molecule has 0 aliphatic rings. The smallest absolute Gasteiger partial charge is 0.414 e. The topological polar surface area (TPSA) is 38.8 Å². The number of carbonyl (C=O) groups excluding carboxylic acids is 1. The summed E-state index contributed by atoms with van der Waals surface area (Å²) < 4.78 is 9.49. The molecule has 0 fully saturated rings. The molecule has 0 aliphatic carbocycles. The predicted molar refractivity (Wildman–Crippen MR) is 57.5 cm³/mol. The van der Waals surface area contributed by atoms with Gasteiger partial charge in [-0.1, -0.05) is 18.2 Å². The van der Waals surface area contributed by atoms with Crippen LogP contribution in [0.4, 0.5) is 10.5 Å². The molecule has 4 heteroatoms. The van der Waals surface area contributed by atoms with Crippen molar-refractivity contribution in [2.45, 2.75) is 0 Å². The molecule has 1 rings (SSSR count). The molecule has 0 atom stereocenters. The number of methoxy groups -OCH3 is 2.